The number of primary amides is 1. The second-order valence-corrected chi connectivity index (χ2v) is 22.2. The average molecular weight is 1390 g/mol. The van der Waals surface area contributed by atoms with E-state index in [0.717, 1.165) is 19.1 Å². The Balaban J connectivity index is 1.23. The molecule has 4 aliphatic rings. The van der Waals surface area contributed by atoms with Gasteiger partial charge in [0, 0.05) is 57.8 Å². The predicted molar refractivity (Wildman–Crippen MR) is 323 cm³/mol. The number of carboxylic acids is 2. The third-order valence-corrected chi connectivity index (χ3v) is 15.2. The molecule has 1 aliphatic carbocycles. The minimum absolute atomic E-state index is 0.0298. The number of fused-ring (bicyclic) bond motifs is 2. The summed E-state index contributed by atoms with van der Waals surface area (Å²) < 4.78 is 7.39. The van der Waals surface area contributed by atoms with Gasteiger partial charge in [-0.1, -0.05) is 0 Å². The Hall–Kier alpha value is -10.9. The van der Waals surface area contributed by atoms with Crippen molar-refractivity contribution in [3.05, 3.63) is 38.9 Å². The zero-order chi connectivity index (χ0) is 72.8. The SMILES string of the molecule is CC(=O)N(O)CCC[C@@H](NC(=O)[C@H](CCO)NC(=O)[C@@H](CCCNC(N)=O)NC(=O)[C@H](CO)NC(=O)[C@H](NC(=O)CNC(=O)[C@H](CCO)NC(=O)[C@@H](CO)NC(=O)[C@H](CC(=O)O)NC(=O)C1CCn2c(=O)[nH]c3cc4cc(O)c(=O)cc-4n1c32)[C@@H](O)C(=O)O)C(=O)N[C@H]1CCOC1=O. The van der Waals surface area contributed by atoms with Crippen LogP contribution in [0.2, 0.25) is 0 Å². The highest BCUT2D eigenvalue weighted by Crippen LogP contribution is 2.35. The molecule has 0 aromatic carbocycles. The number of hydroxylamine groups is 2. The minimum Gasteiger partial charge on any atom is -0.504 e. The standard InChI is InChI=1S/C55H76N16O27/c1-23(76)70(97)11-3-5-26(44(85)63-29-9-15-98-53(29)94)59-45(86)28(8-14-73)62-43(84)25(4-2-10-57-54(56)95)60-48(89)33(22-75)66-50(91)40(41(82)52(92)93)68-38(79)20-58-42(83)27(7-13-72)61-47(88)32(21-74)65-46(87)30(18-39(80)81)64-49(90)34-6-12-69-51-31(67-55(69)96)16-24-17-36(77)37(78)19-35(24)71(34)51/h16-17,19,25-30,32-34,40-41,72-75,77,82,97H,2-15,18,20-22H2,1H3,(H,58,83)(H,59,86)(H,60,89)(H,61,88)(H,62,84)(H,63,85)(H,64,90)(H,65,87)(H,66,91)(H,67,96)(H,68,79)(H,80,81)(H,92,93)(H3,56,57,95)/t25-,26-,27+,28+,29+,30+,32-,33+,34?,40-,41-/m1/s1. The Morgan fingerprint density at radius 3 is 1.74 bits per heavy atom. The number of hydrogen-bond donors (Lipinski definition) is 22. The normalized spacial score (nSPS) is 16.7. The van der Waals surface area contributed by atoms with Crippen molar-refractivity contribution in [2.24, 2.45) is 5.73 Å². The van der Waals surface area contributed by atoms with Gasteiger partial charge in [0.25, 0.3) is 0 Å². The molecule has 23 N–H and O–H groups in total. The Morgan fingerprint density at radius 2 is 1.20 bits per heavy atom. The van der Waals surface area contributed by atoms with E-state index >= 15 is 0 Å². The van der Waals surface area contributed by atoms with Crippen molar-refractivity contribution in [3.63, 3.8) is 0 Å². The number of nitrogens with zero attached hydrogens (tertiary/aromatic N) is 3. The summed E-state index contributed by atoms with van der Waals surface area (Å²) in [5, 5.41) is 114. The van der Waals surface area contributed by atoms with Crippen LogP contribution in [0.5, 0.6) is 5.75 Å². The van der Waals surface area contributed by atoms with Crippen LogP contribution in [-0.2, 0) is 78.4 Å². The number of H-pyrrole nitrogens is 1. The van der Waals surface area contributed by atoms with E-state index in [2.05, 4.69) is 42.2 Å². The molecule has 98 heavy (non-hydrogen) atoms. The van der Waals surface area contributed by atoms with Crippen LogP contribution in [0.1, 0.15) is 70.8 Å². The molecule has 1 saturated heterocycles. The van der Waals surface area contributed by atoms with Gasteiger partial charge in [-0.25, -0.2) is 24.2 Å². The number of nitrogens with two attached hydrogens (primary N) is 1. The second-order valence-electron chi connectivity index (χ2n) is 22.2. The van der Waals surface area contributed by atoms with Crippen molar-refractivity contribution < 1.29 is 123 Å². The van der Waals surface area contributed by atoms with E-state index in [-0.39, 0.29) is 80.8 Å². The number of urea groups is 1. The lowest BCUT2D eigenvalue weighted by molar-refractivity contribution is -0.163. The van der Waals surface area contributed by atoms with Crippen molar-refractivity contribution >= 4 is 100 Å². The van der Waals surface area contributed by atoms with Crippen LogP contribution in [0.3, 0.4) is 0 Å². The summed E-state index contributed by atoms with van der Waals surface area (Å²) in [6.45, 7) is -5.15. The lowest BCUT2D eigenvalue weighted by atomic mass is 10.0. The third-order valence-electron chi connectivity index (χ3n) is 15.2. The molecule has 5 rings (SSSR count). The number of carbonyl (C=O) groups excluding carboxylic acids is 13. The van der Waals surface area contributed by atoms with Crippen LogP contribution in [0.15, 0.2) is 27.8 Å². The maximum atomic E-state index is 14.0. The third kappa shape index (κ3) is 21.3. The monoisotopic (exact) mass is 1390 g/mol. The molecule has 11 atom stereocenters. The van der Waals surface area contributed by atoms with Gasteiger partial charge in [0.05, 0.1) is 44.0 Å². The first-order valence-corrected chi connectivity index (χ1v) is 30.1. The van der Waals surface area contributed by atoms with Crippen molar-refractivity contribution in [3.8, 4) is 17.0 Å². The van der Waals surface area contributed by atoms with E-state index in [0.29, 0.717) is 5.06 Å². The van der Waals surface area contributed by atoms with Gasteiger partial charge in [-0.3, -0.25) is 72.1 Å². The number of amides is 13. The lowest BCUT2D eigenvalue weighted by Gasteiger charge is -2.31. The van der Waals surface area contributed by atoms with Crippen LogP contribution in [0, 0.1) is 0 Å². The number of ether oxygens (including phenoxy) is 1. The molecular weight excluding hydrogens is 1320 g/mol. The molecule has 1 fully saturated rings. The number of imidazole rings is 1. The number of rotatable bonds is 38. The fraction of sp³-hybridized carbons (Fsp3) is 0.545. The topological polar surface area (TPSA) is 669 Å². The number of cyclic esters (lactones) is 1. The first kappa shape index (κ1) is 77.8. The molecule has 1 unspecified atom stereocenters. The van der Waals surface area contributed by atoms with Crippen molar-refractivity contribution in [1.82, 2.24) is 77.7 Å². The minimum atomic E-state index is -2.86. The number of aromatic hydroxyl groups is 1. The number of phenolic OH excluding ortho intramolecular Hbond substituents is 1. The van der Waals surface area contributed by atoms with E-state index in [4.69, 9.17) is 10.5 Å². The maximum Gasteiger partial charge on any atom is 0.335 e. The number of pyridine rings is 1. The van der Waals surface area contributed by atoms with Crippen LogP contribution in [0.4, 0.5) is 4.79 Å². The molecule has 0 saturated carbocycles. The van der Waals surface area contributed by atoms with E-state index in [1.807, 2.05) is 16.0 Å². The molecule has 43 nitrogen and oxygen atoms in total. The number of aliphatic hydroxyl groups is 5. The van der Waals surface area contributed by atoms with Gasteiger partial charge in [-0.2, -0.15) is 0 Å². The highest BCUT2D eigenvalue weighted by atomic mass is 16.5. The molecule has 0 radical (unpaired) electrons. The number of aliphatic carboxylic acids is 2. The molecule has 43 heteroatoms. The first-order chi connectivity index (χ1) is 46.3. The van der Waals surface area contributed by atoms with Gasteiger partial charge in [0.15, 0.2) is 11.9 Å². The van der Waals surface area contributed by atoms with E-state index < -0.39 is 231 Å². The summed E-state index contributed by atoms with van der Waals surface area (Å²) in [6.07, 6.45) is -6.30. The number of aromatic nitrogens is 3. The second kappa shape index (κ2) is 36.3. The van der Waals surface area contributed by atoms with Crippen LogP contribution in [-0.4, -0.2) is 267 Å². The summed E-state index contributed by atoms with van der Waals surface area (Å²) in [5.74, 6) is -19.0. The molecule has 0 spiro atoms. The predicted octanol–water partition coefficient (Wildman–Crippen LogP) is -11.2. The zero-order valence-electron chi connectivity index (χ0n) is 52.1. The van der Waals surface area contributed by atoms with Gasteiger partial charge in [-0.05, 0) is 57.1 Å². The number of hydrogen-bond acceptors (Lipinski definition) is 25. The summed E-state index contributed by atoms with van der Waals surface area (Å²) in [6, 6.07) is -15.6. The van der Waals surface area contributed by atoms with E-state index in [1.165, 1.54) is 15.2 Å². The quantitative estimate of drug-likeness (QED) is 0.0110. The Bertz CT molecular complexity index is 3590. The molecule has 1 aromatic rings. The lowest BCUT2D eigenvalue weighted by Crippen LogP contribution is -2.62. The fourth-order valence-electron chi connectivity index (χ4n) is 10.1. The van der Waals surface area contributed by atoms with Crippen molar-refractivity contribution in [2.45, 2.75) is 138 Å². The van der Waals surface area contributed by atoms with Crippen LogP contribution < -0.4 is 75.3 Å². The molecule has 4 heterocycles. The number of esters is 1. The number of aromatic amines is 1. The number of nitrogens with one attached hydrogen (secondary N) is 12. The van der Waals surface area contributed by atoms with Gasteiger partial charge in [0.2, 0.25) is 70.4 Å². The summed E-state index contributed by atoms with van der Waals surface area (Å²) >= 11 is 0. The molecule has 1 aromatic heterocycles. The van der Waals surface area contributed by atoms with E-state index in [9.17, 15) is 128 Å². The number of aliphatic hydroxyl groups excluding tert-OH is 5. The Morgan fingerprint density at radius 1 is 0.663 bits per heavy atom. The Labute approximate surface area is 551 Å². The highest BCUT2D eigenvalue weighted by molar-refractivity contribution is 6.00. The highest BCUT2D eigenvalue weighted by Gasteiger charge is 2.40. The number of carbonyl (C=O) groups is 15. The number of phenols is 1. The fourth-order valence-corrected chi connectivity index (χ4v) is 10.1. The van der Waals surface area contributed by atoms with Gasteiger partial charge >= 0.3 is 29.6 Å². The zero-order valence-corrected chi connectivity index (χ0v) is 52.1. The summed E-state index contributed by atoms with van der Waals surface area (Å²) in [7, 11) is 0. The van der Waals surface area contributed by atoms with E-state index in [1.54, 1.807) is 5.32 Å². The number of benzene rings is 1. The number of carboxylic acid groups (broad SMARTS) is 2. The summed E-state index contributed by atoms with van der Waals surface area (Å²) in [4.78, 5) is 223. The first-order valence-electron chi connectivity index (χ1n) is 30.1. The average Bonchev–Trinajstić information content (AvgIpc) is 1.50. The van der Waals surface area contributed by atoms with Gasteiger partial charge < -0.3 is 119 Å². The van der Waals surface area contributed by atoms with Crippen LogP contribution >= 0.6 is 0 Å². The molecule has 538 valence electrons. The molecule has 13 amide bonds. The van der Waals surface area contributed by atoms with Crippen molar-refractivity contribution in [2.75, 3.05) is 52.7 Å². The van der Waals surface area contributed by atoms with Crippen LogP contribution in [0.25, 0.3) is 22.4 Å². The summed E-state index contributed by atoms with van der Waals surface area (Å²) in [5.41, 5.74) is 4.23. The maximum absolute atomic E-state index is 14.0. The van der Waals surface area contributed by atoms with Gasteiger partial charge in [0.1, 0.15) is 66.1 Å². The largest absolute Gasteiger partial charge is 0.504 e. The van der Waals surface area contributed by atoms with Crippen molar-refractivity contribution in [1.29, 1.82) is 0 Å². The molecular formula is C55H76N16O27. The van der Waals surface area contributed by atoms with Gasteiger partial charge in [-0.15, -0.1) is 0 Å². The molecule has 3 aliphatic heterocycles. The smallest absolute Gasteiger partial charge is 0.335 e. The number of aryl methyl sites for hydroxylation is 1. The Kier molecular flexibility index (Phi) is 28.8. The molecule has 0 bridgehead atoms.